The molecule has 0 spiro atoms. The molecule has 0 unspecified atom stereocenters. The van der Waals surface area contributed by atoms with Crippen LogP contribution in [-0.2, 0) is 6.54 Å². The Balaban J connectivity index is 1.45. The highest BCUT2D eigenvalue weighted by molar-refractivity contribution is 5.86. The van der Waals surface area contributed by atoms with E-state index in [1.807, 2.05) is 12.1 Å². The molecule has 7 heteroatoms. The zero-order chi connectivity index (χ0) is 21.4. The van der Waals surface area contributed by atoms with Crippen molar-refractivity contribution in [2.75, 3.05) is 33.2 Å². The van der Waals surface area contributed by atoms with Crippen molar-refractivity contribution in [2.45, 2.75) is 6.54 Å². The minimum Gasteiger partial charge on any atom is -0.508 e. The molecule has 0 amide bonds. The first-order valence-electron chi connectivity index (χ1n) is 10.5. The van der Waals surface area contributed by atoms with Crippen LogP contribution in [0.25, 0.3) is 33.4 Å². The molecule has 2 aromatic carbocycles. The summed E-state index contributed by atoms with van der Waals surface area (Å²) >= 11 is 0. The van der Waals surface area contributed by atoms with Crippen LogP contribution in [0.4, 0.5) is 0 Å². The Morgan fingerprint density at radius 1 is 1.03 bits per heavy atom. The molecule has 5 rings (SSSR count). The SMILES string of the molecule is CN1CCN(Cc2ccc3cc(-c4cc(-c5cccc(O)c5)n[nH]c4=O)[nH]c3c2)CC1. The molecule has 0 atom stereocenters. The molecular weight excluding hydrogens is 390 g/mol. The third-order valence-corrected chi connectivity index (χ3v) is 5.92. The van der Waals surface area contributed by atoms with Crippen molar-refractivity contribution in [3.05, 3.63) is 70.5 Å². The first-order chi connectivity index (χ1) is 15.0. The number of H-pyrrole nitrogens is 2. The number of aromatic hydroxyl groups is 1. The Morgan fingerprint density at radius 3 is 2.68 bits per heavy atom. The van der Waals surface area contributed by atoms with Gasteiger partial charge in [0, 0.05) is 49.2 Å². The molecule has 1 saturated heterocycles. The molecule has 158 valence electrons. The van der Waals surface area contributed by atoms with Gasteiger partial charge in [-0.15, -0.1) is 0 Å². The lowest BCUT2D eigenvalue weighted by Gasteiger charge is -2.32. The molecule has 7 nitrogen and oxygen atoms in total. The van der Waals surface area contributed by atoms with Crippen molar-refractivity contribution in [3.8, 4) is 28.3 Å². The van der Waals surface area contributed by atoms with Gasteiger partial charge in [-0.2, -0.15) is 5.10 Å². The number of piperazine rings is 1. The van der Waals surface area contributed by atoms with E-state index in [2.05, 4.69) is 50.2 Å². The summed E-state index contributed by atoms with van der Waals surface area (Å²) in [7, 11) is 2.16. The highest BCUT2D eigenvalue weighted by Gasteiger charge is 2.15. The summed E-state index contributed by atoms with van der Waals surface area (Å²) in [6, 6.07) is 17.0. The van der Waals surface area contributed by atoms with Crippen LogP contribution in [0, 0.1) is 0 Å². The van der Waals surface area contributed by atoms with Crippen LogP contribution in [-0.4, -0.2) is 63.3 Å². The van der Waals surface area contributed by atoms with Crippen LogP contribution in [0.2, 0.25) is 0 Å². The summed E-state index contributed by atoms with van der Waals surface area (Å²) in [4.78, 5) is 20.7. The lowest BCUT2D eigenvalue weighted by atomic mass is 10.1. The summed E-state index contributed by atoms with van der Waals surface area (Å²) in [5, 5.41) is 17.5. The standard InChI is InChI=1S/C24H25N5O2/c1-28-7-9-29(10-8-28)15-16-5-6-18-13-23(25-21(18)11-16)20-14-22(26-27-24(20)31)17-3-2-4-19(30)12-17/h2-6,11-14,25,30H,7-10,15H2,1H3,(H,27,31). The van der Waals surface area contributed by atoms with Gasteiger partial charge in [0.15, 0.2) is 0 Å². The number of rotatable bonds is 4. The van der Waals surface area contributed by atoms with Gasteiger partial charge >= 0.3 is 0 Å². The fourth-order valence-electron chi connectivity index (χ4n) is 4.10. The van der Waals surface area contributed by atoms with Crippen LogP contribution < -0.4 is 5.56 Å². The second kappa shape index (κ2) is 8.02. The molecule has 0 radical (unpaired) electrons. The number of phenols is 1. The first-order valence-corrected chi connectivity index (χ1v) is 10.5. The quantitative estimate of drug-likeness (QED) is 0.477. The predicted molar refractivity (Wildman–Crippen MR) is 122 cm³/mol. The number of nitrogens with one attached hydrogen (secondary N) is 2. The third-order valence-electron chi connectivity index (χ3n) is 5.92. The number of aromatic nitrogens is 3. The molecule has 2 aromatic heterocycles. The monoisotopic (exact) mass is 415 g/mol. The van der Waals surface area contributed by atoms with Gasteiger partial charge in [-0.3, -0.25) is 9.69 Å². The van der Waals surface area contributed by atoms with E-state index in [1.54, 1.807) is 24.3 Å². The number of aromatic amines is 2. The number of hydrogen-bond acceptors (Lipinski definition) is 5. The zero-order valence-electron chi connectivity index (χ0n) is 17.4. The minimum atomic E-state index is -0.256. The number of nitrogens with zero attached hydrogens (tertiary/aromatic N) is 3. The molecule has 1 fully saturated rings. The van der Waals surface area contributed by atoms with Gasteiger partial charge in [0.25, 0.3) is 5.56 Å². The van der Waals surface area contributed by atoms with Gasteiger partial charge in [0.05, 0.1) is 17.0 Å². The Labute approximate surface area is 180 Å². The number of phenolic OH excluding ortho intramolecular Hbond substituents is 1. The average molecular weight is 415 g/mol. The predicted octanol–water partition coefficient (Wildman–Crippen LogP) is 3.04. The third kappa shape index (κ3) is 4.10. The van der Waals surface area contributed by atoms with E-state index in [-0.39, 0.29) is 11.3 Å². The molecular formula is C24H25N5O2. The molecule has 0 aliphatic carbocycles. The minimum absolute atomic E-state index is 0.158. The fourth-order valence-corrected chi connectivity index (χ4v) is 4.10. The van der Waals surface area contributed by atoms with Gasteiger partial charge in [-0.05, 0) is 42.9 Å². The molecule has 3 N–H and O–H groups in total. The maximum Gasteiger partial charge on any atom is 0.273 e. The first kappa shape index (κ1) is 19.5. The van der Waals surface area contributed by atoms with Crippen molar-refractivity contribution < 1.29 is 5.11 Å². The van der Waals surface area contributed by atoms with E-state index in [0.29, 0.717) is 11.3 Å². The van der Waals surface area contributed by atoms with E-state index in [9.17, 15) is 9.90 Å². The topological polar surface area (TPSA) is 88.2 Å². The smallest absolute Gasteiger partial charge is 0.273 e. The second-order valence-electron chi connectivity index (χ2n) is 8.23. The van der Waals surface area contributed by atoms with Gasteiger partial charge in [-0.1, -0.05) is 24.3 Å². The number of likely N-dealkylation sites (N-methyl/N-ethyl adjacent to an activating group) is 1. The van der Waals surface area contributed by atoms with Gasteiger partial charge in [0.1, 0.15) is 5.75 Å². The van der Waals surface area contributed by atoms with Crippen LogP contribution in [0.1, 0.15) is 5.56 Å². The molecule has 3 heterocycles. The lowest BCUT2D eigenvalue weighted by Crippen LogP contribution is -2.43. The maximum atomic E-state index is 12.5. The van der Waals surface area contributed by atoms with Gasteiger partial charge < -0.3 is 15.0 Å². The summed E-state index contributed by atoms with van der Waals surface area (Å²) < 4.78 is 0. The number of benzene rings is 2. The fraction of sp³-hybridized carbons (Fsp3) is 0.250. The van der Waals surface area contributed by atoms with E-state index < -0.39 is 0 Å². The Morgan fingerprint density at radius 2 is 1.87 bits per heavy atom. The summed E-state index contributed by atoms with van der Waals surface area (Å²) in [6.45, 7) is 5.28. The largest absolute Gasteiger partial charge is 0.508 e. The van der Waals surface area contributed by atoms with Crippen LogP contribution in [0.15, 0.2) is 59.4 Å². The van der Waals surface area contributed by atoms with E-state index in [4.69, 9.17) is 0 Å². The van der Waals surface area contributed by atoms with E-state index in [0.717, 1.165) is 54.9 Å². The summed E-state index contributed by atoms with van der Waals surface area (Å²) in [5.41, 5.74) is 4.62. The molecule has 4 aromatic rings. The van der Waals surface area contributed by atoms with Crippen molar-refractivity contribution in [2.24, 2.45) is 0 Å². The molecule has 0 bridgehead atoms. The van der Waals surface area contributed by atoms with Crippen molar-refractivity contribution in [3.63, 3.8) is 0 Å². The molecule has 1 aliphatic heterocycles. The molecule has 31 heavy (non-hydrogen) atoms. The number of hydrogen-bond donors (Lipinski definition) is 3. The van der Waals surface area contributed by atoms with E-state index in [1.165, 1.54) is 5.56 Å². The Hall–Kier alpha value is -3.42. The molecule has 0 saturated carbocycles. The van der Waals surface area contributed by atoms with Crippen molar-refractivity contribution in [1.82, 2.24) is 25.0 Å². The zero-order valence-corrected chi connectivity index (χ0v) is 17.4. The van der Waals surface area contributed by atoms with Crippen molar-refractivity contribution in [1.29, 1.82) is 0 Å². The highest BCUT2D eigenvalue weighted by Crippen LogP contribution is 2.27. The summed E-state index contributed by atoms with van der Waals surface area (Å²) in [6.07, 6.45) is 0. The van der Waals surface area contributed by atoms with Crippen LogP contribution in [0.5, 0.6) is 5.75 Å². The average Bonchev–Trinajstić information content (AvgIpc) is 3.19. The second-order valence-corrected chi connectivity index (χ2v) is 8.23. The Bertz CT molecular complexity index is 1280. The van der Waals surface area contributed by atoms with Crippen LogP contribution >= 0.6 is 0 Å². The summed E-state index contributed by atoms with van der Waals surface area (Å²) in [5.74, 6) is 0.158. The lowest BCUT2D eigenvalue weighted by molar-refractivity contribution is 0.148. The normalized spacial score (nSPS) is 15.5. The maximum absolute atomic E-state index is 12.5. The van der Waals surface area contributed by atoms with Crippen LogP contribution in [0.3, 0.4) is 0 Å². The van der Waals surface area contributed by atoms with E-state index >= 15 is 0 Å². The highest BCUT2D eigenvalue weighted by atomic mass is 16.3. The van der Waals surface area contributed by atoms with Crippen molar-refractivity contribution >= 4 is 10.9 Å². The van der Waals surface area contributed by atoms with Gasteiger partial charge in [-0.25, -0.2) is 5.10 Å². The van der Waals surface area contributed by atoms with Gasteiger partial charge in [0.2, 0.25) is 0 Å². The number of fused-ring (bicyclic) bond motifs is 1. The molecule has 1 aliphatic rings. The Kier molecular flexibility index (Phi) is 5.05.